The molecular formula is C26H24BrNO4. The Labute approximate surface area is 194 Å². The first-order chi connectivity index (χ1) is 15.4. The Morgan fingerprint density at radius 1 is 1.09 bits per heavy atom. The Hall–Kier alpha value is -2.86. The number of fused-ring (bicyclic) bond motifs is 1. The molecule has 1 saturated carbocycles. The molecule has 1 aliphatic carbocycles. The predicted molar refractivity (Wildman–Crippen MR) is 126 cm³/mol. The third-order valence-corrected chi connectivity index (χ3v) is 7.01. The van der Waals surface area contributed by atoms with E-state index in [0.717, 1.165) is 53.1 Å². The molecule has 1 fully saturated rings. The van der Waals surface area contributed by atoms with Gasteiger partial charge in [-0.2, -0.15) is 0 Å². The van der Waals surface area contributed by atoms with E-state index in [-0.39, 0.29) is 17.4 Å². The average molecular weight is 494 g/mol. The van der Waals surface area contributed by atoms with Gasteiger partial charge in [-0.1, -0.05) is 65.0 Å². The third kappa shape index (κ3) is 3.56. The first-order valence-corrected chi connectivity index (χ1v) is 11.8. The number of ketones is 1. The second-order valence-corrected chi connectivity index (χ2v) is 9.62. The van der Waals surface area contributed by atoms with Crippen LogP contribution < -0.4 is 0 Å². The molecule has 0 spiro atoms. The minimum absolute atomic E-state index is 0.000779. The van der Waals surface area contributed by atoms with Crippen LogP contribution in [-0.2, 0) is 4.79 Å². The summed E-state index contributed by atoms with van der Waals surface area (Å²) in [5, 5.41) is 11.7. The van der Waals surface area contributed by atoms with E-state index in [0.29, 0.717) is 5.58 Å². The van der Waals surface area contributed by atoms with E-state index in [1.54, 1.807) is 17.0 Å². The smallest absolute Gasteiger partial charge is 0.290 e. The van der Waals surface area contributed by atoms with Gasteiger partial charge in [-0.3, -0.25) is 9.59 Å². The number of carbonyl (C=O) groups is 2. The van der Waals surface area contributed by atoms with Crippen LogP contribution in [0.2, 0.25) is 0 Å². The molecule has 2 aliphatic rings. The molecule has 0 bridgehead atoms. The Bertz CT molecular complexity index is 1250. The monoisotopic (exact) mass is 493 g/mol. The molecule has 1 aliphatic heterocycles. The van der Waals surface area contributed by atoms with Gasteiger partial charge in [0.05, 0.1) is 11.6 Å². The minimum Gasteiger partial charge on any atom is -0.503 e. The van der Waals surface area contributed by atoms with Gasteiger partial charge in [0.1, 0.15) is 5.58 Å². The molecule has 1 aromatic heterocycles. The van der Waals surface area contributed by atoms with Crippen molar-refractivity contribution in [1.29, 1.82) is 0 Å². The van der Waals surface area contributed by atoms with Crippen LogP contribution in [0.25, 0.3) is 11.0 Å². The Morgan fingerprint density at radius 3 is 2.62 bits per heavy atom. The van der Waals surface area contributed by atoms with Gasteiger partial charge in [0.2, 0.25) is 5.78 Å². The molecule has 1 amide bonds. The van der Waals surface area contributed by atoms with E-state index in [9.17, 15) is 14.7 Å². The van der Waals surface area contributed by atoms with Gasteiger partial charge in [-0.25, -0.2) is 0 Å². The van der Waals surface area contributed by atoms with E-state index < -0.39 is 23.5 Å². The fourth-order valence-electron chi connectivity index (χ4n) is 5.02. The lowest BCUT2D eigenvalue weighted by Gasteiger charge is -2.36. The number of nitrogens with zero attached hydrogens (tertiary/aromatic N) is 1. The maximum Gasteiger partial charge on any atom is 0.290 e. The second kappa shape index (κ2) is 8.24. The summed E-state index contributed by atoms with van der Waals surface area (Å²) in [6.07, 6.45) is 4.98. The number of carbonyl (C=O) groups excluding carboxylic acids is 2. The van der Waals surface area contributed by atoms with Crippen LogP contribution >= 0.6 is 15.9 Å². The van der Waals surface area contributed by atoms with Gasteiger partial charge in [0.15, 0.2) is 11.5 Å². The number of aliphatic hydroxyl groups is 1. The molecule has 0 saturated heterocycles. The van der Waals surface area contributed by atoms with Crippen LogP contribution in [0.5, 0.6) is 0 Å². The number of aryl methyl sites for hydroxylation is 1. The highest BCUT2D eigenvalue weighted by Gasteiger charge is 2.47. The zero-order valence-electron chi connectivity index (χ0n) is 17.8. The lowest BCUT2D eigenvalue weighted by molar-refractivity contribution is -0.132. The molecule has 5 nitrogen and oxygen atoms in total. The Kier molecular flexibility index (Phi) is 5.41. The van der Waals surface area contributed by atoms with Crippen molar-refractivity contribution in [3.63, 3.8) is 0 Å². The SMILES string of the molecule is Cc1cccc(C2C(C(=O)c3cc4cc(Br)ccc4o3)=C(O)C(=O)N2C2CCCCC2)c1. The summed E-state index contributed by atoms with van der Waals surface area (Å²) in [5.41, 5.74) is 2.54. The fraction of sp³-hybridized carbons (Fsp3) is 0.308. The maximum absolute atomic E-state index is 13.7. The first kappa shape index (κ1) is 21.0. The van der Waals surface area contributed by atoms with Crippen LogP contribution in [-0.4, -0.2) is 27.7 Å². The number of furan rings is 1. The number of amides is 1. The number of aliphatic hydroxyl groups excluding tert-OH is 1. The number of hydrogen-bond acceptors (Lipinski definition) is 4. The van der Waals surface area contributed by atoms with Crippen molar-refractivity contribution in [2.24, 2.45) is 0 Å². The number of benzene rings is 2. The molecule has 1 N–H and O–H groups in total. The van der Waals surface area contributed by atoms with Crippen LogP contribution in [0, 0.1) is 6.92 Å². The van der Waals surface area contributed by atoms with Crippen molar-refractivity contribution in [2.45, 2.75) is 51.1 Å². The number of halogens is 1. The number of Topliss-reactive ketones (excluding diaryl/α,β-unsaturated/α-hetero) is 1. The van der Waals surface area contributed by atoms with Gasteiger partial charge < -0.3 is 14.4 Å². The van der Waals surface area contributed by atoms with Gasteiger partial charge >= 0.3 is 0 Å². The molecule has 164 valence electrons. The maximum atomic E-state index is 13.7. The van der Waals surface area contributed by atoms with Crippen molar-refractivity contribution >= 4 is 38.6 Å². The highest BCUT2D eigenvalue weighted by atomic mass is 79.9. The van der Waals surface area contributed by atoms with E-state index in [4.69, 9.17) is 4.42 Å². The molecule has 6 heteroatoms. The highest BCUT2D eigenvalue weighted by Crippen LogP contribution is 2.43. The standard InChI is InChI=1S/C26H24BrNO4/c1-15-6-5-7-16(12-15)23-22(25(30)26(31)28(23)19-8-3-2-4-9-19)24(29)21-14-17-13-18(27)10-11-20(17)32-21/h5-7,10-14,19,23,30H,2-4,8-9H2,1H3. The summed E-state index contributed by atoms with van der Waals surface area (Å²) in [4.78, 5) is 28.6. The summed E-state index contributed by atoms with van der Waals surface area (Å²) in [6, 6.07) is 14.3. The molecule has 3 aromatic rings. The largest absolute Gasteiger partial charge is 0.503 e. The summed E-state index contributed by atoms with van der Waals surface area (Å²) < 4.78 is 6.70. The van der Waals surface area contributed by atoms with Gasteiger partial charge in [-0.15, -0.1) is 0 Å². The van der Waals surface area contributed by atoms with Crippen molar-refractivity contribution < 1.29 is 19.1 Å². The van der Waals surface area contributed by atoms with Crippen molar-refractivity contribution in [3.05, 3.63) is 81.2 Å². The molecule has 2 aromatic carbocycles. The van der Waals surface area contributed by atoms with Crippen molar-refractivity contribution in [1.82, 2.24) is 4.90 Å². The van der Waals surface area contributed by atoms with Gasteiger partial charge in [0, 0.05) is 15.9 Å². The molecule has 32 heavy (non-hydrogen) atoms. The Morgan fingerprint density at radius 2 is 1.88 bits per heavy atom. The fourth-order valence-corrected chi connectivity index (χ4v) is 5.40. The van der Waals surface area contributed by atoms with Gasteiger partial charge in [-0.05, 0) is 49.6 Å². The van der Waals surface area contributed by atoms with E-state index >= 15 is 0 Å². The zero-order chi connectivity index (χ0) is 22.4. The molecular weight excluding hydrogens is 470 g/mol. The molecule has 1 atom stereocenters. The first-order valence-electron chi connectivity index (χ1n) is 11.0. The minimum atomic E-state index is -0.627. The van der Waals surface area contributed by atoms with Crippen LogP contribution in [0.4, 0.5) is 0 Å². The van der Waals surface area contributed by atoms with Crippen LogP contribution in [0.1, 0.15) is 59.8 Å². The summed E-state index contributed by atoms with van der Waals surface area (Å²) in [5.74, 6) is -1.26. The topological polar surface area (TPSA) is 70.7 Å². The third-order valence-electron chi connectivity index (χ3n) is 6.52. The molecule has 2 heterocycles. The quantitative estimate of drug-likeness (QED) is 0.426. The molecule has 5 rings (SSSR count). The van der Waals surface area contributed by atoms with E-state index in [2.05, 4.69) is 15.9 Å². The van der Waals surface area contributed by atoms with E-state index in [1.165, 1.54) is 0 Å². The highest BCUT2D eigenvalue weighted by molar-refractivity contribution is 9.10. The second-order valence-electron chi connectivity index (χ2n) is 8.71. The predicted octanol–water partition coefficient (Wildman–Crippen LogP) is 6.41. The van der Waals surface area contributed by atoms with Gasteiger partial charge in [0.25, 0.3) is 5.91 Å². The molecule has 1 unspecified atom stereocenters. The normalized spacial score (nSPS) is 19.9. The van der Waals surface area contributed by atoms with Crippen molar-refractivity contribution in [2.75, 3.05) is 0 Å². The zero-order valence-corrected chi connectivity index (χ0v) is 19.4. The summed E-state index contributed by atoms with van der Waals surface area (Å²) >= 11 is 3.43. The molecule has 0 radical (unpaired) electrons. The number of hydrogen-bond donors (Lipinski definition) is 1. The number of rotatable bonds is 4. The van der Waals surface area contributed by atoms with E-state index in [1.807, 2.05) is 43.3 Å². The summed E-state index contributed by atoms with van der Waals surface area (Å²) in [7, 11) is 0. The van der Waals surface area contributed by atoms with Crippen LogP contribution in [0.15, 0.2) is 68.8 Å². The average Bonchev–Trinajstić information content (AvgIpc) is 3.32. The Balaban J connectivity index is 1.61. The van der Waals surface area contributed by atoms with Crippen molar-refractivity contribution in [3.8, 4) is 0 Å². The summed E-state index contributed by atoms with van der Waals surface area (Å²) in [6.45, 7) is 1.98. The lowest BCUT2D eigenvalue weighted by atomic mass is 9.89. The van der Waals surface area contributed by atoms with Crippen LogP contribution in [0.3, 0.4) is 0 Å². The lowest BCUT2D eigenvalue weighted by Crippen LogP contribution is -2.41.